The SMILES string of the molecule is O=C(NCc1ccc(C(=O)NC(Cc2ccc(O)cc2)C(=O)NO)cc1)OCc1cccs1. The Morgan fingerprint density at radius 2 is 1.67 bits per heavy atom. The number of ether oxygens (including phenoxy) is 1. The van der Waals surface area contributed by atoms with E-state index in [9.17, 15) is 19.5 Å². The minimum absolute atomic E-state index is 0.0799. The largest absolute Gasteiger partial charge is 0.508 e. The molecule has 2 aromatic carbocycles. The zero-order chi connectivity index (χ0) is 23.6. The van der Waals surface area contributed by atoms with Gasteiger partial charge in [-0.3, -0.25) is 14.8 Å². The zero-order valence-corrected chi connectivity index (χ0v) is 18.3. The zero-order valence-electron chi connectivity index (χ0n) is 17.5. The molecule has 0 spiro atoms. The van der Waals surface area contributed by atoms with Gasteiger partial charge in [0.15, 0.2) is 0 Å². The van der Waals surface area contributed by atoms with Crippen LogP contribution in [0.2, 0.25) is 0 Å². The van der Waals surface area contributed by atoms with Gasteiger partial charge < -0.3 is 20.5 Å². The number of phenols is 1. The molecule has 3 aromatic rings. The summed E-state index contributed by atoms with van der Waals surface area (Å²) in [5.74, 6) is -1.19. The molecule has 10 heteroatoms. The number of hydroxylamine groups is 1. The number of hydrogen-bond acceptors (Lipinski definition) is 7. The molecule has 0 bridgehead atoms. The van der Waals surface area contributed by atoms with Gasteiger partial charge in [0.1, 0.15) is 18.4 Å². The summed E-state index contributed by atoms with van der Waals surface area (Å²) in [4.78, 5) is 37.3. The Morgan fingerprint density at radius 3 is 2.30 bits per heavy atom. The van der Waals surface area contributed by atoms with Crippen LogP contribution in [0.15, 0.2) is 66.0 Å². The Hall–Kier alpha value is -3.89. The third-order valence-corrected chi connectivity index (χ3v) is 5.54. The average Bonchev–Trinajstić information content (AvgIpc) is 3.36. The second-order valence-electron chi connectivity index (χ2n) is 7.08. The van der Waals surface area contributed by atoms with Crippen molar-refractivity contribution in [3.8, 4) is 5.75 Å². The second kappa shape index (κ2) is 11.7. The number of phenolic OH excluding ortho intramolecular Hbond substituents is 1. The summed E-state index contributed by atoms with van der Waals surface area (Å²) in [7, 11) is 0. The van der Waals surface area contributed by atoms with E-state index < -0.39 is 23.9 Å². The van der Waals surface area contributed by atoms with Gasteiger partial charge in [-0.1, -0.05) is 30.3 Å². The average molecular weight is 470 g/mol. The van der Waals surface area contributed by atoms with Crippen LogP contribution in [-0.4, -0.2) is 34.3 Å². The van der Waals surface area contributed by atoms with Crippen molar-refractivity contribution < 1.29 is 29.4 Å². The molecule has 172 valence electrons. The van der Waals surface area contributed by atoms with Crippen molar-refractivity contribution in [2.24, 2.45) is 0 Å². The van der Waals surface area contributed by atoms with Crippen molar-refractivity contribution in [1.82, 2.24) is 16.1 Å². The molecule has 0 aliphatic heterocycles. The maximum atomic E-state index is 12.6. The van der Waals surface area contributed by atoms with Crippen LogP contribution in [0, 0.1) is 0 Å². The maximum Gasteiger partial charge on any atom is 0.407 e. The lowest BCUT2D eigenvalue weighted by atomic mass is 10.0. The Kier molecular flexibility index (Phi) is 8.39. The summed E-state index contributed by atoms with van der Waals surface area (Å²) < 4.78 is 5.13. The lowest BCUT2D eigenvalue weighted by Crippen LogP contribution is -2.47. The van der Waals surface area contributed by atoms with Crippen LogP contribution in [0.4, 0.5) is 4.79 Å². The van der Waals surface area contributed by atoms with Crippen molar-refractivity contribution in [3.63, 3.8) is 0 Å². The molecule has 0 fully saturated rings. The second-order valence-corrected chi connectivity index (χ2v) is 8.11. The molecule has 3 rings (SSSR count). The topological polar surface area (TPSA) is 137 Å². The highest BCUT2D eigenvalue weighted by Crippen LogP contribution is 2.13. The maximum absolute atomic E-state index is 12.6. The normalized spacial score (nSPS) is 11.3. The van der Waals surface area contributed by atoms with E-state index in [-0.39, 0.29) is 25.3 Å². The van der Waals surface area contributed by atoms with Crippen molar-refractivity contribution in [3.05, 3.63) is 87.6 Å². The Bertz CT molecular complexity index is 1070. The van der Waals surface area contributed by atoms with Crippen LogP contribution in [0.5, 0.6) is 5.75 Å². The quantitative estimate of drug-likeness (QED) is 0.241. The van der Waals surface area contributed by atoms with Gasteiger partial charge in [0.25, 0.3) is 11.8 Å². The van der Waals surface area contributed by atoms with Crippen LogP contribution in [0.3, 0.4) is 0 Å². The van der Waals surface area contributed by atoms with E-state index in [1.165, 1.54) is 23.5 Å². The number of nitrogens with one attached hydrogen (secondary N) is 3. The number of carbonyl (C=O) groups excluding carboxylic acids is 3. The molecule has 0 aliphatic carbocycles. The molecule has 0 radical (unpaired) electrons. The number of alkyl carbamates (subject to hydrolysis) is 1. The molecule has 5 N–H and O–H groups in total. The molecular weight excluding hydrogens is 446 g/mol. The smallest absolute Gasteiger partial charge is 0.407 e. The van der Waals surface area contributed by atoms with Crippen molar-refractivity contribution in [2.75, 3.05) is 0 Å². The van der Waals surface area contributed by atoms with Crippen molar-refractivity contribution in [1.29, 1.82) is 0 Å². The number of rotatable bonds is 9. The van der Waals surface area contributed by atoms with Crippen molar-refractivity contribution >= 4 is 29.2 Å². The van der Waals surface area contributed by atoms with Gasteiger partial charge in [-0.25, -0.2) is 10.3 Å². The van der Waals surface area contributed by atoms with Crippen LogP contribution in [0.25, 0.3) is 0 Å². The van der Waals surface area contributed by atoms with E-state index in [0.717, 1.165) is 10.4 Å². The summed E-state index contributed by atoms with van der Waals surface area (Å²) >= 11 is 1.50. The third kappa shape index (κ3) is 7.34. The summed E-state index contributed by atoms with van der Waals surface area (Å²) in [6.07, 6.45) is -0.425. The fourth-order valence-electron chi connectivity index (χ4n) is 2.93. The molecule has 1 atom stereocenters. The molecular formula is C23H23N3O6S. The molecule has 1 aromatic heterocycles. The fourth-order valence-corrected chi connectivity index (χ4v) is 3.54. The first-order chi connectivity index (χ1) is 15.9. The number of hydrogen-bond donors (Lipinski definition) is 5. The Morgan fingerprint density at radius 1 is 0.970 bits per heavy atom. The number of aromatic hydroxyl groups is 1. The number of amides is 3. The predicted octanol–water partition coefficient (Wildman–Crippen LogP) is 2.73. The van der Waals surface area contributed by atoms with E-state index in [1.807, 2.05) is 17.5 Å². The van der Waals surface area contributed by atoms with Crippen LogP contribution in [-0.2, 0) is 29.1 Å². The van der Waals surface area contributed by atoms with Crippen molar-refractivity contribution in [2.45, 2.75) is 25.6 Å². The van der Waals surface area contributed by atoms with E-state index >= 15 is 0 Å². The van der Waals surface area contributed by atoms with Gasteiger partial charge >= 0.3 is 6.09 Å². The van der Waals surface area contributed by atoms with Gasteiger partial charge in [-0.05, 0) is 46.8 Å². The standard InChI is InChI=1S/C23H23N3O6S/c27-18-9-5-15(6-10-18)12-20(22(29)26-31)25-21(28)17-7-3-16(4-8-17)13-24-23(30)32-14-19-2-1-11-33-19/h1-11,20,27,31H,12-14H2,(H,24,30)(H,25,28)(H,26,29). The number of carbonyl (C=O) groups is 3. The highest BCUT2D eigenvalue weighted by atomic mass is 32.1. The molecule has 33 heavy (non-hydrogen) atoms. The minimum Gasteiger partial charge on any atom is -0.508 e. The third-order valence-electron chi connectivity index (χ3n) is 4.69. The fraction of sp³-hybridized carbons (Fsp3) is 0.174. The first-order valence-electron chi connectivity index (χ1n) is 9.99. The van der Waals surface area contributed by atoms with Gasteiger partial charge in [0.2, 0.25) is 0 Å². The van der Waals surface area contributed by atoms with E-state index in [1.54, 1.807) is 41.9 Å². The Labute approximate surface area is 194 Å². The van der Waals surface area contributed by atoms with E-state index in [4.69, 9.17) is 9.94 Å². The predicted molar refractivity (Wildman–Crippen MR) is 121 cm³/mol. The minimum atomic E-state index is -1.02. The summed E-state index contributed by atoms with van der Waals surface area (Å²) in [6, 6.07) is 15.4. The molecule has 0 aliphatic rings. The number of benzene rings is 2. The molecule has 0 saturated heterocycles. The first kappa shape index (κ1) is 23.8. The lowest BCUT2D eigenvalue weighted by Gasteiger charge is -2.17. The summed E-state index contributed by atoms with van der Waals surface area (Å²) in [5, 5.41) is 25.5. The Balaban J connectivity index is 1.52. The van der Waals surface area contributed by atoms with E-state index in [0.29, 0.717) is 11.1 Å². The lowest BCUT2D eigenvalue weighted by molar-refractivity contribution is -0.131. The van der Waals surface area contributed by atoms with Crippen LogP contribution >= 0.6 is 11.3 Å². The van der Waals surface area contributed by atoms with Gasteiger partial charge in [0, 0.05) is 23.4 Å². The summed E-state index contributed by atoms with van der Waals surface area (Å²) in [5.41, 5.74) is 3.31. The van der Waals surface area contributed by atoms with E-state index in [2.05, 4.69) is 10.6 Å². The number of thiophene rings is 1. The van der Waals surface area contributed by atoms with Gasteiger partial charge in [-0.15, -0.1) is 11.3 Å². The molecule has 0 saturated carbocycles. The van der Waals surface area contributed by atoms with Gasteiger partial charge in [-0.2, -0.15) is 0 Å². The monoisotopic (exact) mass is 469 g/mol. The highest BCUT2D eigenvalue weighted by Gasteiger charge is 2.21. The first-order valence-corrected chi connectivity index (χ1v) is 10.9. The molecule has 1 unspecified atom stereocenters. The molecule has 9 nitrogen and oxygen atoms in total. The molecule has 1 heterocycles. The highest BCUT2D eigenvalue weighted by molar-refractivity contribution is 7.09. The van der Waals surface area contributed by atoms with Gasteiger partial charge in [0.05, 0.1) is 0 Å². The van der Waals surface area contributed by atoms with Crippen LogP contribution < -0.4 is 16.1 Å². The van der Waals surface area contributed by atoms with Crippen LogP contribution in [0.1, 0.15) is 26.4 Å². The summed E-state index contributed by atoms with van der Waals surface area (Å²) in [6.45, 7) is 0.427. The molecule has 3 amide bonds.